The molecule has 2 N–H and O–H groups in total. The van der Waals surface area contributed by atoms with Gasteiger partial charge in [-0.15, -0.1) is 0 Å². The molecule has 5 rings (SSSR count). The van der Waals surface area contributed by atoms with E-state index in [0.717, 1.165) is 5.56 Å². The molecular formula is C27H24FN5O4. The zero-order valence-corrected chi connectivity index (χ0v) is 20.5. The largest absolute Gasteiger partial charge is 0.494 e. The molecule has 0 radical (unpaired) electrons. The lowest BCUT2D eigenvalue weighted by molar-refractivity contribution is 0.0972. The van der Waals surface area contributed by atoms with Crippen LogP contribution in [0.2, 0.25) is 0 Å². The molecular weight excluding hydrogens is 477 g/mol. The van der Waals surface area contributed by atoms with E-state index in [0.29, 0.717) is 28.9 Å². The number of amides is 2. The second-order valence-electron chi connectivity index (χ2n) is 8.81. The number of benzene rings is 2. The lowest BCUT2D eigenvalue weighted by atomic mass is 10.0. The van der Waals surface area contributed by atoms with E-state index in [1.165, 1.54) is 23.9 Å². The van der Waals surface area contributed by atoms with Gasteiger partial charge in [-0.2, -0.15) is 5.10 Å². The fourth-order valence-electron chi connectivity index (χ4n) is 4.65. The number of carbonyl (C=O) groups excluding carboxylic acids is 2. The van der Waals surface area contributed by atoms with Crippen molar-refractivity contribution < 1.29 is 18.7 Å². The Morgan fingerprint density at radius 2 is 1.81 bits per heavy atom. The van der Waals surface area contributed by atoms with E-state index in [1.807, 2.05) is 13.0 Å². The van der Waals surface area contributed by atoms with Crippen LogP contribution in [0.15, 0.2) is 59.5 Å². The Bertz CT molecular complexity index is 1640. The van der Waals surface area contributed by atoms with Gasteiger partial charge < -0.3 is 15.4 Å². The number of nitrogens with two attached hydrogens (primary N) is 1. The van der Waals surface area contributed by atoms with Crippen molar-refractivity contribution in [3.05, 3.63) is 99.0 Å². The number of rotatable bonds is 5. The molecule has 0 fully saturated rings. The molecule has 37 heavy (non-hydrogen) atoms. The number of hydrogen-bond acceptors (Lipinski definition) is 5. The summed E-state index contributed by atoms with van der Waals surface area (Å²) in [6, 6.07) is 13.1. The Morgan fingerprint density at radius 3 is 2.49 bits per heavy atom. The molecule has 1 aliphatic rings. The second kappa shape index (κ2) is 9.05. The van der Waals surface area contributed by atoms with Crippen LogP contribution in [0.4, 0.5) is 10.1 Å². The predicted molar refractivity (Wildman–Crippen MR) is 135 cm³/mol. The summed E-state index contributed by atoms with van der Waals surface area (Å²) in [4.78, 5) is 40.0. The number of anilines is 1. The Balaban J connectivity index is 1.58. The fraction of sp³-hybridized carbons (Fsp3) is 0.185. The van der Waals surface area contributed by atoms with Crippen LogP contribution >= 0.6 is 0 Å². The molecule has 0 spiro atoms. The Morgan fingerprint density at radius 1 is 1.05 bits per heavy atom. The van der Waals surface area contributed by atoms with Crippen molar-refractivity contribution in [2.75, 3.05) is 18.6 Å². The number of nitrogens with zero attached hydrogens (tertiary/aromatic N) is 4. The van der Waals surface area contributed by atoms with Gasteiger partial charge in [0.25, 0.3) is 17.4 Å². The summed E-state index contributed by atoms with van der Waals surface area (Å²) in [6.45, 7) is 3.91. The number of carbonyl (C=O) groups is 2. The SMILES string of the molecule is COc1ccc(-n2nc(C(N)=O)c3c2C(=O)N(c2ccc(-n4cccc(C)c4=O)c(C)c2)CC3)cc1F. The predicted octanol–water partition coefficient (Wildman–Crippen LogP) is 3.09. The number of hydrogen-bond donors (Lipinski definition) is 1. The molecule has 0 aliphatic carbocycles. The maximum absolute atomic E-state index is 14.5. The first kappa shape index (κ1) is 24.0. The number of halogens is 1. The molecule has 2 amide bonds. The molecule has 9 nitrogen and oxygen atoms in total. The smallest absolute Gasteiger partial charge is 0.277 e. The maximum Gasteiger partial charge on any atom is 0.277 e. The highest BCUT2D eigenvalue weighted by Crippen LogP contribution is 2.31. The number of aryl methyl sites for hydroxylation is 2. The molecule has 2 aromatic carbocycles. The first-order chi connectivity index (χ1) is 17.7. The van der Waals surface area contributed by atoms with Gasteiger partial charge in [-0.25, -0.2) is 9.07 Å². The van der Waals surface area contributed by atoms with Crippen molar-refractivity contribution in [1.29, 1.82) is 0 Å². The van der Waals surface area contributed by atoms with Gasteiger partial charge in [-0.05, 0) is 62.2 Å². The minimum Gasteiger partial charge on any atom is -0.494 e. The molecule has 0 saturated carbocycles. The van der Waals surface area contributed by atoms with E-state index in [1.54, 1.807) is 52.9 Å². The topological polar surface area (TPSA) is 112 Å². The quantitative estimate of drug-likeness (QED) is 0.452. The van der Waals surface area contributed by atoms with Gasteiger partial charge in [-0.1, -0.05) is 6.07 Å². The number of ether oxygens (including phenoxy) is 1. The van der Waals surface area contributed by atoms with Crippen molar-refractivity contribution >= 4 is 17.5 Å². The van der Waals surface area contributed by atoms with Gasteiger partial charge >= 0.3 is 0 Å². The number of fused-ring (bicyclic) bond motifs is 1. The molecule has 0 unspecified atom stereocenters. The van der Waals surface area contributed by atoms with Gasteiger partial charge in [0.2, 0.25) is 0 Å². The third kappa shape index (κ3) is 3.96. The van der Waals surface area contributed by atoms with Crippen LogP contribution in [-0.2, 0) is 6.42 Å². The lowest BCUT2D eigenvalue weighted by Crippen LogP contribution is -2.39. The summed E-state index contributed by atoms with van der Waals surface area (Å²) >= 11 is 0. The molecule has 0 saturated heterocycles. The minimum atomic E-state index is -0.769. The molecule has 3 heterocycles. The van der Waals surface area contributed by atoms with E-state index in [2.05, 4.69) is 5.10 Å². The van der Waals surface area contributed by atoms with Gasteiger partial charge in [0.1, 0.15) is 5.69 Å². The molecule has 2 aromatic heterocycles. The summed E-state index contributed by atoms with van der Waals surface area (Å²) in [5.41, 5.74) is 8.97. The van der Waals surface area contributed by atoms with E-state index < -0.39 is 17.6 Å². The van der Waals surface area contributed by atoms with E-state index in [4.69, 9.17) is 10.5 Å². The fourth-order valence-corrected chi connectivity index (χ4v) is 4.65. The zero-order valence-electron chi connectivity index (χ0n) is 20.5. The molecule has 4 aromatic rings. The highest BCUT2D eigenvalue weighted by molar-refractivity contribution is 6.09. The van der Waals surface area contributed by atoms with Crippen molar-refractivity contribution in [2.24, 2.45) is 5.73 Å². The van der Waals surface area contributed by atoms with E-state index in [-0.39, 0.29) is 34.9 Å². The average Bonchev–Trinajstić information content (AvgIpc) is 3.27. The van der Waals surface area contributed by atoms with Gasteiger partial charge in [0, 0.05) is 35.6 Å². The number of primary amides is 1. The number of methoxy groups -OCH3 is 1. The number of aromatic nitrogens is 3. The standard InChI is InChI=1S/C27H24FN5O4/c1-15-5-4-11-32(26(15)35)21-8-6-17(13-16(21)2)31-12-10-19-23(25(29)34)30-33(24(19)27(31)36)18-7-9-22(37-3)20(28)14-18/h4-9,11,13-14H,10,12H2,1-3H3,(H2,29,34). The Kier molecular flexibility index (Phi) is 5.87. The third-order valence-corrected chi connectivity index (χ3v) is 6.52. The van der Waals surface area contributed by atoms with Gasteiger partial charge in [-0.3, -0.25) is 19.0 Å². The van der Waals surface area contributed by atoms with Gasteiger partial charge in [0.15, 0.2) is 17.3 Å². The highest BCUT2D eigenvalue weighted by Gasteiger charge is 2.35. The zero-order chi connectivity index (χ0) is 26.4. The van der Waals surface area contributed by atoms with Crippen LogP contribution in [0, 0.1) is 19.7 Å². The second-order valence-corrected chi connectivity index (χ2v) is 8.81. The Labute approximate surface area is 211 Å². The van der Waals surface area contributed by atoms with Crippen molar-refractivity contribution in [1.82, 2.24) is 14.3 Å². The highest BCUT2D eigenvalue weighted by atomic mass is 19.1. The molecule has 0 atom stereocenters. The van der Waals surface area contributed by atoms with Crippen molar-refractivity contribution in [3.8, 4) is 17.1 Å². The van der Waals surface area contributed by atoms with Crippen LogP contribution in [0.3, 0.4) is 0 Å². The van der Waals surface area contributed by atoms with E-state index in [9.17, 15) is 18.8 Å². The van der Waals surface area contributed by atoms with Crippen LogP contribution in [0.25, 0.3) is 11.4 Å². The monoisotopic (exact) mass is 501 g/mol. The summed E-state index contributed by atoms with van der Waals surface area (Å²) in [7, 11) is 1.35. The van der Waals surface area contributed by atoms with E-state index >= 15 is 0 Å². The summed E-state index contributed by atoms with van der Waals surface area (Å²) in [6.07, 6.45) is 2.03. The summed E-state index contributed by atoms with van der Waals surface area (Å²) in [5, 5.41) is 4.28. The first-order valence-electron chi connectivity index (χ1n) is 11.6. The first-order valence-corrected chi connectivity index (χ1v) is 11.6. The van der Waals surface area contributed by atoms with Crippen LogP contribution < -0.4 is 20.9 Å². The lowest BCUT2D eigenvalue weighted by Gasteiger charge is -2.28. The molecule has 0 bridgehead atoms. The van der Waals surface area contributed by atoms with Crippen LogP contribution in [-0.4, -0.2) is 39.8 Å². The summed E-state index contributed by atoms with van der Waals surface area (Å²) in [5.74, 6) is -1.77. The third-order valence-electron chi connectivity index (χ3n) is 6.52. The summed E-state index contributed by atoms with van der Waals surface area (Å²) < 4.78 is 22.3. The normalized spacial score (nSPS) is 13.0. The number of pyridine rings is 1. The molecule has 188 valence electrons. The Hall–Kier alpha value is -4.73. The van der Waals surface area contributed by atoms with Gasteiger partial charge in [0.05, 0.1) is 18.5 Å². The molecule has 10 heteroatoms. The minimum absolute atomic E-state index is 0.0235. The van der Waals surface area contributed by atoms with Crippen LogP contribution in [0.5, 0.6) is 5.75 Å². The van der Waals surface area contributed by atoms with Crippen molar-refractivity contribution in [3.63, 3.8) is 0 Å². The average molecular weight is 502 g/mol. The molecule has 1 aliphatic heterocycles. The van der Waals surface area contributed by atoms with Crippen LogP contribution in [0.1, 0.15) is 37.7 Å². The van der Waals surface area contributed by atoms with Crippen molar-refractivity contribution in [2.45, 2.75) is 20.3 Å². The maximum atomic E-state index is 14.5.